The van der Waals surface area contributed by atoms with Crippen molar-refractivity contribution in [2.24, 2.45) is 5.92 Å². The van der Waals surface area contributed by atoms with Gasteiger partial charge in [0.25, 0.3) is 0 Å². The minimum absolute atomic E-state index is 0.0320. The van der Waals surface area contributed by atoms with Crippen molar-refractivity contribution in [1.82, 2.24) is 10.2 Å². The molecule has 0 bridgehead atoms. The van der Waals surface area contributed by atoms with Gasteiger partial charge in [-0.1, -0.05) is 19.1 Å². The molecule has 134 valence electrons. The molecule has 0 radical (unpaired) electrons. The number of carbonyl (C=O) groups is 1. The van der Waals surface area contributed by atoms with E-state index < -0.39 is 5.60 Å². The number of ether oxygens (including phenoxy) is 1. The summed E-state index contributed by atoms with van der Waals surface area (Å²) in [5, 5.41) is 14.1. The largest absolute Gasteiger partial charge is 0.497 e. The molecule has 2 rings (SSSR count). The Hall–Kier alpha value is -1.59. The monoisotopic (exact) mass is 334 g/mol. The average Bonchev–Trinajstić information content (AvgIpc) is 2.49. The highest BCUT2D eigenvalue weighted by atomic mass is 16.5. The molecule has 2 N–H and O–H groups in total. The van der Waals surface area contributed by atoms with Crippen molar-refractivity contribution in [2.75, 3.05) is 26.7 Å². The third kappa shape index (κ3) is 4.48. The zero-order chi connectivity index (χ0) is 18.0. The molecule has 2 unspecified atom stereocenters. The topological polar surface area (TPSA) is 61.8 Å². The number of likely N-dealkylation sites (tertiary alicyclic amines) is 1. The van der Waals surface area contributed by atoms with Crippen molar-refractivity contribution in [3.8, 4) is 5.75 Å². The van der Waals surface area contributed by atoms with Gasteiger partial charge in [0.15, 0.2) is 0 Å². The van der Waals surface area contributed by atoms with Gasteiger partial charge >= 0.3 is 0 Å². The SMILES string of the molecule is COc1ccc(C2(O)CCN(CC(=O)NC(C)(C)C)CC2C)cc1. The average molecular weight is 334 g/mol. The van der Waals surface area contributed by atoms with E-state index in [1.54, 1.807) is 7.11 Å². The predicted molar refractivity (Wildman–Crippen MR) is 95.0 cm³/mol. The number of methoxy groups -OCH3 is 1. The van der Waals surface area contributed by atoms with Gasteiger partial charge in [-0.2, -0.15) is 0 Å². The van der Waals surface area contributed by atoms with Gasteiger partial charge in [-0.25, -0.2) is 0 Å². The van der Waals surface area contributed by atoms with E-state index >= 15 is 0 Å². The molecule has 1 fully saturated rings. The van der Waals surface area contributed by atoms with Crippen LogP contribution in [-0.2, 0) is 10.4 Å². The van der Waals surface area contributed by atoms with E-state index in [4.69, 9.17) is 4.74 Å². The van der Waals surface area contributed by atoms with Gasteiger partial charge in [0.05, 0.1) is 19.3 Å². The van der Waals surface area contributed by atoms with E-state index in [1.165, 1.54) is 0 Å². The van der Waals surface area contributed by atoms with Gasteiger partial charge in [0.2, 0.25) is 5.91 Å². The number of benzene rings is 1. The molecule has 1 aliphatic rings. The summed E-state index contributed by atoms with van der Waals surface area (Å²) in [5.74, 6) is 0.859. The molecular formula is C19H30N2O3. The fourth-order valence-electron chi connectivity index (χ4n) is 3.32. The summed E-state index contributed by atoms with van der Waals surface area (Å²) < 4.78 is 5.18. The van der Waals surface area contributed by atoms with E-state index in [-0.39, 0.29) is 17.4 Å². The van der Waals surface area contributed by atoms with Crippen LogP contribution in [0.15, 0.2) is 24.3 Å². The Labute approximate surface area is 145 Å². The summed E-state index contributed by atoms with van der Waals surface area (Å²) >= 11 is 0. The van der Waals surface area contributed by atoms with Gasteiger partial charge in [0, 0.05) is 24.5 Å². The van der Waals surface area contributed by atoms with Gasteiger partial charge in [-0.05, 0) is 44.9 Å². The Bertz CT molecular complexity index is 565. The molecular weight excluding hydrogens is 304 g/mol. The second-order valence-electron chi connectivity index (χ2n) is 7.84. The van der Waals surface area contributed by atoms with Crippen LogP contribution >= 0.6 is 0 Å². The molecule has 2 atom stereocenters. The number of nitrogens with zero attached hydrogens (tertiary/aromatic N) is 1. The number of rotatable bonds is 4. The molecule has 1 aromatic carbocycles. The molecule has 0 aliphatic carbocycles. The highest BCUT2D eigenvalue weighted by Gasteiger charge is 2.40. The van der Waals surface area contributed by atoms with Crippen molar-refractivity contribution in [1.29, 1.82) is 0 Å². The molecule has 5 heteroatoms. The summed E-state index contributed by atoms with van der Waals surface area (Å²) in [6.45, 7) is 9.74. The smallest absolute Gasteiger partial charge is 0.234 e. The molecule has 0 saturated carbocycles. The molecule has 1 aliphatic heterocycles. The van der Waals surface area contributed by atoms with Crippen LogP contribution in [0.1, 0.15) is 39.7 Å². The minimum Gasteiger partial charge on any atom is -0.497 e. The van der Waals surface area contributed by atoms with Crippen molar-refractivity contribution in [2.45, 2.75) is 45.3 Å². The van der Waals surface area contributed by atoms with Crippen molar-refractivity contribution < 1.29 is 14.6 Å². The van der Waals surface area contributed by atoms with Crippen molar-refractivity contribution in [3.05, 3.63) is 29.8 Å². The first-order valence-corrected chi connectivity index (χ1v) is 8.54. The van der Waals surface area contributed by atoms with Crippen LogP contribution in [0.2, 0.25) is 0 Å². The van der Waals surface area contributed by atoms with E-state index in [0.29, 0.717) is 26.1 Å². The summed E-state index contributed by atoms with van der Waals surface area (Å²) in [5.41, 5.74) is -0.166. The molecule has 5 nitrogen and oxygen atoms in total. The van der Waals surface area contributed by atoms with Crippen LogP contribution in [0, 0.1) is 5.92 Å². The zero-order valence-electron chi connectivity index (χ0n) is 15.4. The number of aliphatic hydroxyl groups is 1. The first-order chi connectivity index (χ1) is 11.1. The number of amides is 1. The van der Waals surface area contributed by atoms with E-state index in [2.05, 4.69) is 10.2 Å². The quantitative estimate of drug-likeness (QED) is 0.886. The van der Waals surface area contributed by atoms with E-state index in [9.17, 15) is 9.90 Å². The second-order valence-corrected chi connectivity index (χ2v) is 7.84. The van der Waals surface area contributed by atoms with E-state index in [1.807, 2.05) is 52.0 Å². The summed E-state index contributed by atoms with van der Waals surface area (Å²) in [4.78, 5) is 14.2. The summed E-state index contributed by atoms with van der Waals surface area (Å²) in [6, 6.07) is 7.61. The maximum atomic E-state index is 12.1. The first kappa shape index (κ1) is 18.7. The summed E-state index contributed by atoms with van der Waals surface area (Å²) in [6.07, 6.45) is 0.614. The third-order valence-electron chi connectivity index (χ3n) is 4.63. The van der Waals surface area contributed by atoms with Crippen LogP contribution in [0.3, 0.4) is 0 Å². The first-order valence-electron chi connectivity index (χ1n) is 8.54. The molecule has 24 heavy (non-hydrogen) atoms. The van der Waals surface area contributed by atoms with E-state index in [0.717, 1.165) is 11.3 Å². The Morgan fingerprint density at radius 1 is 1.38 bits per heavy atom. The van der Waals surface area contributed by atoms with Gasteiger partial charge in [-0.15, -0.1) is 0 Å². The maximum Gasteiger partial charge on any atom is 0.234 e. The Kier molecular flexibility index (Phi) is 5.56. The van der Waals surface area contributed by atoms with Gasteiger partial charge < -0.3 is 15.2 Å². The molecule has 0 spiro atoms. The minimum atomic E-state index is -0.858. The molecule has 1 amide bonds. The van der Waals surface area contributed by atoms with Gasteiger partial charge in [-0.3, -0.25) is 9.69 Å². The fraction of sp³-hybridized carbons (Fsp3) is 0.632. The van der Waals surface area contributed by atoms with Crippen molar-refractivity contribution in [3.63, 3.8) is 0 Å². The lowest BCUT2D eigenvalue weighted by Gasteiger charge is -2.43. The zero-order valence-corrected chi connectivity index (χ0v) is 15.4. The third-order valence-corrected chi connectivity index (χ3v) is 4.63. The normalized spacial score (nSPS) is 25.3. The maximum absolute atomic E-state index is 12.1. The molecule has 1 saturated heterocycles. The van der Waals surface area contributed by atoms with Crippen LogP contribution in [0.4, 0.5) is 0 Å². The number of hydrogen-bond acceptors (Lipinski definition) is 4. The second kappa shape index (κ2) is 7.11. The van der Waals surface area contributed by atoms with Gasteiger partial charge in [0.1, 0.15) is 5.75 Å². The Morgan fingerprint density at radius 2 is 2.00 bits per heavy atom. The summed E-state index contributed by atoms with van der Waals surface area (Å²) in [7, 11) is 1.63. The number of piperidine rings is 1. The number of carbonyl (C=O) groups excluding carboxylic acids is 1. The van der Waals surface area contributed by atoms with Crippen LogP contribution < -0.4 is 10.1 Å². The lowest BCUT2D eigenvalue weighted by atomic mass is 9.77. The molecule has 0 aromatic heterocycles. The predicted octanol–water partition coefficient (Wildman–Crippen LogP) is 2.14. The number of hydrogen-bond donors (Lipinski definition) is 2. The van der Waals surface area contributed by atoms with Crippen LogP contribution in [0.5, 0.6) is 5.75 Å². The molecule has 1 aromatic rings. The van der Waals surface area contributed by atoms with Crippen molar-refractivity contribution >= 4 is 5.91 Å². The van der Waals surface area contributed by atoms with Crippen LogP contribution in [0.25, 0.3) is 0 Å². The highest BCUT2D eigenvalue weighted by Crippen LogP contribution is 2.37. The lowest BCUT2D eigenvalue weighted by molar-refractivity contribution is -0.126. The Balaban J connectivity index is 2.00. The Morgan fingerprint density at radius 3 is 2.50 bits per heavy atom. The standard InChI is InChI=1S/C19H30N2O3/c1-14-12-21(13-17(22)20-18(2,3)4)11-10-19(14,23)15-6-8-16(24-5)9-7-15/h6-9,14,23H,10-13H2,1-5H3,(H,20,22). The van der Waals surface area contributed by atoms with Crippen LogP contribution in [-0.4, -0.2) is 48.2 Å². The number of nitrogens with one attached hydrogen (secondary N) is 1. The molecule has 1 heterocycles. The highest BCUT2D eigenvalue weighted by molar-refractivity contribution is 5.78. The lowest BCUT2D eigenvalue weighted by Crippen LogP contribution is -2.52. The fourth-order valence-corrected chi connectivity index (χ4v) is 3.32.